The average molecular weight is 413 g/mol. The summed E-state index contributed by atoms with van der Waals surface area (Å²) in [7, 11) is 1.40. The predicted molar refractivity (Wildman–Crippen MR) is 111 cm³/mol. The molecule has 2 fully saturated rings. The van der Waals surface area contributed by atoms with Crippen LogP contribution in [0.25, 0.3) is 0 Å². The minimum Gasteiger partial charge on any atom is -0.469 e. The van der Waals surface area contributed by atoms with Crippen molar-refractivity contribution in [2.24, 2.45) is 11.8 Å². The van der Waals surface area contributed by atoms with Gasteiger partial charge in [-0.1, -0.05) is 31.9 Å². The van der Waals surface area contributed by atoms with Crippen LogP contribution in [0.4, 0.5) is 0 Å². The summed E-state index contributed by atoms with van der Waals surface area (Å²) in [6.45, 7) is 3.46. The van der Waals surface area contributed by atoms with Crippen LogP contribution in [0.3, 0.4) is 0 Å². The minimum absolute atomic E-state index is 0.0518. The van der Waals surface area contributed by atoms with Crippen LogP contribution < -0.4 is 0 Å². The van der Waals surface area contributed by atoms with Crippen molar-refractivity contribution in [3.8, 4) is 0 Å². The highest BCUT2D eigenvalue weighted by Gasteiger charge is 2.43. The Morgan fingerprint density at radius 1 is 1.07 bits per heavy atom. The summed E-state index contributed by atoms with van der Waals surface area (Å²) >= 11 is 0. The maximum Gasteiger partial charge on any atom is 0.305 e. The smallest absolute Gasteiger partial charge is 0.305 e. The highest BCUT2D eigenvalue weighted by molar-refractivity contribution is 5.69. The highest BCUT2D eigenvalue weighted by Crippen LogP contribution is 2.41. The number of hydrogen-bond donors (Lipinski definition) is 2. The first-order valence-corrected chi connectivity index (χ1v) is 11.4. The zero-order valence-corrected chi connectivity index (χ0v) is 18.2. The van der Waals surface area contributed by atoms with E-state index in [9.17, 15) is 15.0 Å². The molecular weight excluding hydrogens is 372 g/mol. The second-order valence-electron chi connectivity index (χ2n) is 8.48. The van der Waals surface area contributed by atoms with Crippen LogP contribution >= 0.6 is 0 Å². The van der Waals surface area contributed by atoms with Gasteiger partial charge in [-0.25, -0.2) is 0 Å². The van der Waals surface area contributed by atoms with Gasteiger partial charge < -0.3 is 24.4 Å². The van der Waals surface area contributed by atoms with E-state index >= 15 is 0 Å². The van der Waals surface area contributed by atoms with Gasteiger partial charge in [0.25, 0.3) is 0 Å². The lowest BCUT2D eigenvalue weighted by Gasteiger charge is -2.31. The average Bonchev–Trinajstić information content (AvgIpc) is 3.27. The summed E-state index contributed by atoms with van der Waals surface area (Å²) in [5.74, 6) is -0.579. The van der Waals surface area contributed by atoms with Crippen molar-refractivity contribution in [2.75, 3.05) is 20.3 Å². The molecule has 0 aromatic rings. The first kappa shape index (κ1) is 24.3. The van der Waals surface area contributed by atoms with Gasteiger partial charge in [0, 0.05) is 19.3 Å². The molecule has 4 atom stereocenters. The van der Waals surface area contributed by atoms with E-state index < -0.39 is 18.0 Å². The third-order valence-electron chi connectivity index (χ3n) is 6.41. The largest absolute Gasteiger partial charge is 0.469 e. The Morgan fingerprint density at radius 2 is 1.79 bits per heavy atom. The Morgan fingerprint density at radius 3 is 2.48 bits per heavy atom. The Bertz CT molecular complexity index is 500. The zero-order chi connectivity index (χ0) is 21.1. The van der Waals surface area contributed by atoms with Crippen molar-refractivity contribution < 1.29 is 29.2 Å². The molecule has 29 heavy (non-hydrogen) atoms. The number of ether oxygens (including phenoxy) is 3. The fraction of sp³-hybridized carbons (Fsp3) is 0.870. The van der Waals surface area contributed by atoms with Gasteiger partial charge in [-0.3, -0.25) is 4.79 Å². The zero-order valence-electron chi connectivity index (χ0n) is 18.2. The number of esters is 1. The van der Waals surface area contributed by atoms with Gasteiger partial charge in [-0.05, 0) is 50.4 Å². The van der Waals surface area contributed by atoms with E-state index in [0.29, 0.717) is 26.1 Å². The molecule has 0 spiro atoms. The Kier molecular flexibility index (Phi) is 10.6. The van der Waals surface area contributed by atoms with Gasteiger partial charge >= 0.3 is 5.97 Å². The number of carbonyl (C=O) groups excluding carboxylic acids is 1. The number of allylic oxidation sites excluding steroid dienone is 2. The molecule has 6 nitrogen and oxygen atoms in total. The van der Waals surface area contributed by atoms with E-state index in [1.807, 2.05) is 0 Å². The van der Waals surface area contributed by atoms with Gasteiger partial charge in [0.1, 0.15) is 0 Å². The molecule has 1 saturated carbocycles. The number of aliphatic hydroxyl groups is 2. The molecule has 1 aliphatic heterocycles. The third kappa shape index (κ3) is 7.67. The number of methoxy groups -OCH3 is 1. The van der Waals surface area contributed by atoms with Crippen molar-refractivity contribution in [3.05, 3.63) is 12.2 Å². The molecule has 0 bridgehead atoms. The lowest BCUT2D eigenvalue weighted by molar-refractivity contribution is -0.171. The molecule has 1 saturated heterocycles. The van der Waals surface area contributed by atoms with E-state index in [1.165, 1.54) is 13.5 Å². The number of hydrogen-bond acceptors (Lipinski definition) is 6. The SMILES string of the molecule is CCCCCC1(CC[C@@H]2C(C/C=C\CCCC(=O)OC)C(O)C[C@H]2O)OCCO1. The summed E-state index contributed by atoms with van der Waals surface area (Å²) in [5.41, 5.74) is 0. The van der Waals surface area contributed by atoms with Crippen LogP contribution in [0.15, 0.2) is 12.2 Å². The van der Waals surface area contributed by atoms with Gasteiger partial charge in [0.2, 0.25) is 0 Å². The summed E-state index contributed by atoms with van der Waals surface area (Å²) < 4.78 is 16.6. The first-order chi connectivity index (χ1) is 14.0. The van der Waals surface area contributed by atoms with E-state index in [-0.39, 0.29) is 17.8 Å². The molecular formula is C23H40O6. The van der Waals surface area contributed by atoms with Crippen molar-refractivity contribution in [2.45, 2.75) is 95.5 Å². The molecule has 2 unspecified atom stereocenters. The van der Waals surface area contributed by atoms with Crippen molar-refractivity contribution in [3.63, 3.8) is 0 Å². The lowest BCUT2D eigenvalue weighted by atomic mass is 9.85. The Hall–Kier alpha value is -0.950. The Labute approximate surface area is 175 Å². The van der Waals surface area contributed by atoms with Crippen molar-refractivity contribution >= 4 is 5.97 Å². The van der Waals surface area contributed by atoms with E-state index in [0.717, 1.165) is 51.4 Å². The molecule has 1 heterocycles. The number of rotatable bonds is 13. The molecule has 6 heteroatoms. The van der Waals surface area contributed by atoms with E-state index in [2.05, 4.69) is 23.8 Å². The van der Waals surface area contributed by atoms with E-state index in [4.69, 9.17) is 9.47 Å². The van der Waals surface area contributed by atoms with Crippen LogP contribution in [-0.2, 0) is 19.0 Å². The number of unbranched alkanes of at least 4 members (excludes halogenated alkanes) is 3. The van der Waals surface area contributed by atoms with Gasteiger partial charge in [-0.2, -0.15) is 0 Å². The van der Waals surface area contributed by atoms with Gasteiger partial charge in [0.05, 0.1) is 32.5 Å². The van der Waals surface area contributed by atoms with Crippen LogP contribution in [-0.4, -0.2) is 54.5 Å². The molecule has 0 radical (unpaired) electrons. The number of aliphatic hydroxyl groups excluding tert-OH is 2. The molecule has 2 aliphatic rings. The fourth-order valence-corrected chi connectivity index (χ4v) is 4.69. The fourth-order valence-electron chi connectivity index (χ4n) is 4.69. The van der Waals surface area contributed by atoms with Crippen LogP contribution in [0.1, 0.15) is 77.6 Å². The van der Waals surface area contributed by atoms with Crippen LogP contribution in [0.5, 0.6) is 0 Å². The second kappa shape index (κ2) is 12.7. The molecule has 0 aromatic heterocycles. The van der Waals surface area contributed by atoms with Gasteiger partial charge in [-0.15, -0.1) is 0 Å². The molecule has 0 amide bonds. The molecule has 1 aliphatic carbocycles. The molecule has 2 rings (SSSR count). The topological polar surface area (TPSA) is 85.2 Å². The second-order valence-corrected chi connectivity index (χ2v) is 8.48. The predicted octanol–water partition coefficient (Wildman–Crippen LogP) is 3.74. The maximum absolute atomic E-state index is 11.1. The van der Waals surface area contributed by atoms with E-state index in [1.54, 1.807) is 0 Å². The summed E-state index contributed by atoms with van der Waals surface area (Å²) in [4.78, 5) is 11.1. The van der Waals surface area contributed by atoms with Crippen LogP contribution in [0, 0.1) is 11.8 Å². The quantitative estimate of drug-likeness (QED) is 0.272. The maximum atomic E-state index is 11.1. The third-order valence-corrected chi connectivity index (χ3v) is 6.41. The molecule has 0 aromatic carbocycles. The molecule has 168 valence electrons. The Balaban J connectivity index is 1.82. The lowest BCUT2D eigenvalue weighted by Crippen LogP contribution is -2.33. The summed E-state index contributed by atoms with van der Waals surface area (Å²) in [6, 6.07) is 0. The van der Waals surface area contributed by atoms with Crippen LogP contribution in [0.2, 0.25) is 0 Å². The first-order valence-electron chi connectivity index (χ1n) is 11.4. The molecule has 2 N–H and O–H groups in total. The van der Waals surface area contributed by atoms with Crippen molar-refractivity contribution in [1.29, 1.82) is 0 Å². The van der Waals surface area contributed by atoms with Crippen molar-refractivity contribution in [1.82, 2.24) is 0 Å². The monoisotopic (exact) mass is 412 g/mol. The van der Waals surface area contributed by atoms with Gasteiger partial charge in [0.15, 0.2) is 5.79 Å². The minimum atomic E-state index is -0.503. The standard InChI is InChI=1S/C23H40O6/c1-3-4-9-13-23(28-15-16-29-23)14-12-19-18(20(24)17-21(19)25)10-7-5-6-8-11-22(26)27-2/h5,7,18-21,24-25H,3-4,6,8-17H2,1-2H3/b7-5-/t18?,19-,20?,21-/m1/s1. The highest BCUT2D eigenvalue weighted by atomic mass is 16.7. The normalized spacial score (nSPS) is 29.0. The number of carbonyl (C=O) groups is 1. The summed E-state index contributed by atoms with van der Waals surface area (Å²) in [6.07, 6.45) is 12.3. The summed E-state index contributed by atoms with van der Waals surface area (Å²) in [5, 5.41) is 21.0.